The first-order valence-electron chi connectivity index (χ1n) is 10.1. The second kappa shape index (κ2) is 9.44. The van der Waals surface area contributed by atoms with E-state index < -0.39 is 20.9 Å². The van der Waals surface area contributed by atoms with Crippen molar-refractivity contribution < 1.29 is 18.1 Å². The zero-order valence-corrected chi connectivity index (χ0v) is 18.4. The van der Waals surface area contributed by atoms with E-state index in [0.29, 0.717) is 35.6 Å². The maximum Gasteiger partial charge on any atom is 0.274 e. The maximum absolute atomic E-state index is 13.0. The topological polar surface area (TPSA) is 122 Å². The Labute approximate surface area is 181 Å². The molecule has 2 aromatic carbocycles. The van der Waals surface area contributed by atoms with Crippen LogP contribution in [0.15, 0.2) is 41.3 Å². The number of carbonyl (C=O) groups excluding carboxylic acids is 1. The van der Waals surface area contributed by atoms with E-state index in [-0.39, 0.29) is 17.1 Å². The molecule has 0 atom stereocenters. The maximum atomic E-state index is 13.0. The molecule has 0 aliphatic carbocycles. The fourth-order valence-corrected chi connectivity index (χ4v) is 5.27. The molecule has 1 amide bonds. The molecule has 1 saturated heterocycles. The molecule has 0 radical (unpaired) electrons. The van der Waals surface area contributed by atoms with Gasteiger partial charge in [0.1, 0.15) is 0 Å². The Morgan fingerprint density at radius 1 is 1.03 bits per heavy atom. The molecule has 0 bridgehead atoms. The van der Waals surface area contributed by atoms with E-state index >= 15 is 0 Å². The quantitative estimate of drug-likeness (QED) is 0.496. The first kappa shape index (κ1) is 22.7. The highest BCUT2D eigenvalue weighted by Gasteiger charge is 2.27. The molecular weight excluding hydrogens is 420 g/mol. The summed E-state index contributed by atoms with van der Waals surface area (Å²) < 4.78 is 27.5. The largest absolute Gasteiger partial charge is 0.376 e. The number of hydrogen-bond acceptors (Lipinski definition) is 6. The lowest BCUT2D eigenvalue weighted by Crippen LogP contribution is -2.36. The fraction of sp³-hybridized carbons (Fsp3) is 0.381. The van der Waals surface area contributed by atoms with Crippen LogP contribution in [-0.4, -0.2) is 43.2 Å². The molecule has 1 aliphatic heterocycles. The number of hydrogen-bond donors (Lipinski definition) is 2. The Hall–Kier alpha value is -2.98. The number of anilines is 2. The highest BCUT2D eigenvalue weighted by Crippen LogP contribution is 2.26. The number of carbonyl (C=O) groups is 1. The lowest BCUT2D eigenvalue weighted by Gasteiger charge is -2.26. The molecule has 31 heavy (non-hydrogen) atoms. The number of sulfonamides is 1. The van der Waals surface area contributed by atoms with Gasteiger partial charge in [-0.05, 0) is 50.5 Å². The molecule has 1 aliphatic rings. The Morgan fingerprint density at radius 3 is 2.35 bits per heavy atom. The van der Waals surface area contributed by atoms with Gasteiger partial charge in [-0.1, -0.05) is 18.6 Å². The molecule has 3 rings (SSSR count). The van der Waals surface area contributed by atoms with Crippen molar-refractivity contribution in [3.63, 3.8) is 0 Å². The van der Waals surface area contributed by atoms with Gasteiger partial charge in [0, 0.05) is 36.1 Å². The fourth-order valence-electron chi connectivity index (χ4n) is 3.50. The number of rotatable bonds is 7. The van der Waals surface area contributed by atoms with Crippen molar-refractivity contribution in [3.05, 3.63) is 57.6 Å². The molecule has 2 N–H and O–H groups in total. The average Bonchev–Trinajstić information content (AvgIpc) is 2.75. The van der Waals surface area contributed by atoms with Crippen LogP contribution in [0.3, 0.4) is 0 Å². The van der Waals surface area contributed by atoms with E-state index in [1.807, 2.05) is 0 Å². The number of amides is 1. The molecule has 1 heterocycles. The van der Waals surface area contributed by atoms with Crippen molar-refractivity contribution in [2.45, 2.75) is 38.0 Å². The average molecular weight is 447 g/mol. The van der Waals surface area contributed by atoms with Crippen LogP contribution in [0.25, 0.3) is 0 Å². The molecule has 0 saturated carbocycles. The number of nitrogens with zero attached hydrogens (tertiary/aromatic N) is 2. The molecule has 10 heteroatoms. The van der Waals surface area contributed by atoms with Gasteiger partial charge < -0.3 is 10.6 Å². The van der Waals surface area contributed by atoms with E-state index in [0.717, 1.165) is 19.3 Å². The van der Waals surface area contributed by atoms with Gasteiger partial charge in [-0.15, -0.1) is 0 Å². The number of aryl methyl sites for hydroxylation is 2. The van der Waals surface area contributed by atoms with E-state index in [1.165, 1.54) is 10.4 Å². The van der Waals surface area contributed by atoms with Gasteiger partial charge in [-0.3, -0.25) is 14.9 Å². The smallest absolute Gasteiger partial charge is 0.274 e. The van der Waals surface area contributed by atoms with Gasteiger partial charge in [-0.25, -0.2) is 8.42 Å². The predicted molar refractivity (Wildman–Crippen MR) is 119 cm³/mol. The van der Waals surface area contributed by atoms with Gasteiger partial charge >= 0.3 is 0 Å². The normalized spacial score (nSPS) is 14.8. The lowest BCUT2D eigenvalue weighted by atomic mass is 10.2. The minimum atomic E-state index is -3.59. The van der Waals surface area contributed by atoms with E-state index in [4.69, 9.17) is 0 Å². The summed E-state index contributed by atoms with van der Waals surface area (Å²) in [5, 5.41) is 16.6. The molecule has 0 aromatic heterocycles. The first-order valence-corrected chi connectivity index (χ1v) is 11.5. The minimum Gasteiger partial charge on any atom is -0.376 e. The Morgan fingerprint density at radius 2 is 1.68 bits per heavy atom. The van der Waals surface area contributed by atoms with Crippen molar-refractivity contribution in [2.24, 2.45) is 0 Å². The van der Waals surface area contributed by atoms with Gasteiger partial charge in [-0.2, -0.15) is 4.31 Å². The second-order valence-corrected chi connectivity index (χ2v) is 9.51. The molecule has 166 valence electrons. The zero-order chi connectivity index (χ0) is 22.6. The second-order valence-electron chi connectivity index (χ2n) is 7.61. The van der Waals surface area contributed by atoms with Crippen LogP contribution in [0.1, 0.15) is 30.4 Å². The molecule has 0 spiro atoms. The monoisotopic (exact) mass is 446 g/mol. The Bertz CT molecular complexity index is 1090. The summed E-state index contributed by atoms with van der Waals surface area (Å²) in [6.45, 7) is 4.29. The molecular formula is C21H26N4O5S. The SMILES string of the molecule is Cc1ccc(NC(=O)CNc2ccc(C)c(S(=O)(=O)N3CCCCC3)c2)cc1[N+](=O)[O-]. The third-order valence-electron chi connectivity index (χ3n) is 5.26. The highest BCUT2D eigenvalue weighted by atomic mass is 32.2. The van der Waals surface area contributed by atoms with Crippen LogP contribution in [0.5, 0.6) is 0 Å². The Balaban J connectivity index is 1.68. The van der Waals surface area contributed by atoms with Crippen LogP contribution >= 0.6 is 0 Å². The van der Waals surface area contributed by atoms with E-state index in [1.54, 1.807) is 44.2 Å². The van der Waals surface area contributed by atoms with Gasteiger partial charge in [0.15, 0.2) is 0 Å². The van der Waals surface area contributed by atoms with Crippen LogP contribution in [-0.2, 0) is 14.8 Å². The highest BCUT2D eigenvalue weighted by molar-refractivity contribution is 7.89. The number of nitrogens with one attached hydrogen (secondary N) is 2. The summed E-state index contributed by atoms with van der Waals surface area (Å²) in [4.78, 5) is 23.1. The molecule has 9 nitrogen and oxygen atoms in total. The third kappa shape index (κ3) is 5.39. The minimum absolute atomic E-state index is 0.0724. The number of piperidine rings is 1. The van der Waals surface area contributed by atoms with E-state index in [2.05, 4.69) is 10.6 Å². The summed E-state index contributed by atoms with van der Waals surface area (Å²) in [5.74, 6) is -0.404. The third-order valence-corrected chi connectivity index (χ3v) is 7.30. The molecule has 0 unspecified atom stereocenters. The lowest BCUT2D eigenvalue weighted by molar-refractivity contribution is -0.385. The predicted octanol–water partition coefficient (Wildman–Crippen LogP) is 3.44. The number of nitro benzene ring substituents is 1. The number of nitro groups is 1. The summed E-state index contributed by atoms with van der Waals surface area (Å²) in [6, 6.07) is 9.44. The van der Waals surface area contributed by atoms with Crippen molar-refractivity contribution in [1.29, 1.82) is 0 Å². The zero-order valence-electron chi connectivity index (χ0n) is 17.6. The number of benzene rings is 2. The molecule has 2 aromatic rings. The summed E-state index contributed by atoms with van der Waals surface area (Å²) in [7, 11) is -3.59. The van der Waals surface area contributed by atoms with Gasteiger partial charge in [0.25, 0.3) is 5.69 Å². The van der Waals surface area contributed by atoms with Gasteiger partial charge in [0.05, 0.1) is 16.4 Å². The van der Waals surface area contributed by atoms with Crippen LogP contribution in [0.4, 0.5) is 17.1 Å². The molecule has 1 fully saturated rings. The van der Waals surface area contributed by atoms with Crippen molar-refractivity contribution in [3.8, 4) is 0 Å². The summed E-state index contributed by atoms with van der Waals surface area (Å²) in [5.41, 5.74) is 1.90. The first-order chi connectivity index (χ1) is 14.7. The summed E-state index contributed by atoms with van der Waals surface area (Å²) in [6.07, 6.45) is 2.74. The van der Waals surface area contributed by atoms with Crippen molar-refractivity contribution in [1.82, 2.24) is 4.31 Å². The van der Waals surface area contributed by atoms with Crippen molar-refractivity contribution in [2.75, 3.05) is 30.3 Å². The van der Waals surface area contributed by atoms with Crippen LogP contribution in [0.2, 0.25) is 0 Å². The van der Waals surface area contributed by atoms with Crippen molar-refractivity contribution >= 4 is 33.0 Å². The standard InChI is InChI=1S/C21H26N4O5S/c1-15-6-9-18(12-19(15)25(27)28)23-21(26)14-22-17-8-7-16(2)20(13-17)31(29,30)24-10-4-3-5-11-24/h6-9,12-13,22H,3-5,10-11,14H2,1-2H3,(H,23,26). The van der Waals surface area contributed by atoms with Crippen LogP contribution in [0, 0.1) is 24.0 Å². The van der Waals surface area contributed by atoms with Gasteiger partial charge in [0.2, 0.25) is 15.9 Å². The Kier molecular flexibility index (Phi) is 6.91. The summed E-state index contributed by atoms with van der Waals surface area (Å²) >= 11 is 0. The van der Waals surface area contributed by atoms with E-state index in [9.17, 15) is 23.3 Å². The van der Waals surface area contributed by atoms with Crippen LogP contribution < -0.4 is 10.6 Å².